The molecule has 1 aliphatic rings. The summed E-state index contributed by atoms with van der Waals surface area (Å²) in [5.74, 6) is 0.824. The summed E-state index contributed by atoms with van der Waals surface area (Å²) in [6.07, 6.45) is 2.57. The molecular weight excluding hydrogens is 214 g/mol. The second-order valence-corrected chi connectivity index (χ2v) is 4.07. The molecule has 2 heterocycles. The number of hydrogen-bond donors (Lipinski definition) is 0. The van der Waals surface area contributed by atoms with Gasteiger partial charge in [0.1, 0.15) is 5.75 Å². The van der Waals surface area contributed by atoms with E-state index in [1.807, 2.05) is 42.6 Å². The fourth-order valence-corrected chi connectivity index (χ4v) is 2.20. The highest BCUT2D eigenvalue weighted by molar-refractivity contribution is 5.90. The van der Waals surface area contributed by atoms with Crippen LogP contribution in [0.1, 0.15) is 21.6 Å². The van der Waals surface area contributed by atoms with Crippen molar-refractivity contribution in [3.8, 4) is 5.75 Å². The van der Waals surface area contributed by atoms with Gasteiger partial charge in [-0.1, -0.05) is 6.07 Å². The molecule has 17 heavy (non-hydrogen) atoms. The number of rotatable bonds is 1. The van der Waals surface area contributed by atoms with E-state index in [-0.39, 0.29) is 5.91 Å². The smallest absolute Gasteiger partial charge is 0.425 e. The number of fused-ring (bicyclic) bond motifs is 2. The van der Waals surface area contributed by atoms with E-state index in [2.05, 4.69) is 0 Å². The molecule has 0 saturated carbocycles. The molecule has 3 nitrogen and oxygen atoms in total. The van der Waals surface area contributed by atoms with Crippen LogP contribution in [0.15, 0.2) is 42.6 Å². The number of aromatic nitrogens is 1. The average Bonchev–Trinajstić information content (AvgIpc) is 2.38. The van der Waals surface area contributed by atoms with Crippen molar-refractivity contribution in [2.24, 2.45) is 0 Å². The molecule has 1 aromatic carbocycles. The second-order valence-electron chi connectivity index (χ2n) is 4.07. The zero-order chi connectivity index (χ0) is 11.8. The summed E-state index contributed by atoms with van der Waals surface area (Å²) in [5.41, 5.74) is 2.80. The Hall–Kier alpha value is -2.16. The van der Waals surface area contributed by atoms with E-state index in [0.29, 0.717) is 0 Å². The molecule has 3 heteroatoms. The van der Waals surface area contributed by atoms with Crippen molar-refractivity contribution in [1.29, 1.82) is 0 Å². The highest BCUT2D eigenvalue weighted by Gasteiger charge is 2.30. The molecule has 0 fully saturated rings. The van der Waals surface area contributed by atoms with E-state index < -0.39 is 0 Å². The van der Waals surface area contributed by atoms with Crippen LogP contribution in [0.3, 0.4) is 0 Å². The summed E-state index contributed by atoms with van der Waals surface area (Å²) < 4.78 is 6.89. The van der Waals surface area contributed by atoms with Crippen molar-refractivity contribution in [2.75, 3.05) is 7.11 Å². The van der Waals surface area contributed by atoms with Gasteiger partial charge in [-0.3, -0.25) is 0 Å². The minimum Gasteiger partial charge on any atom is -0.497 e. The Morgan fingerprint density at radius 3 is 2.94 bits per heavy atom. The first kappa shape index (κ1) is 10.0. The summed E-state index contributed by atoms with van der Waals surface area (Å²) >= 11 is 0. The third-order valence-corrected chi connectivity index (χ3v) is 3.08. The van der Waals surface area contributed by atoms with Crippen LogP contribution >= 0.6 is 0 Å². The van der Waals surface area contributed by atoms with Crippen LogP contribution in [0, 0.1) is 0 Å². The molecule has 0 saturated heterocycles. The molecule has 0 spiro atoms. The number of ether oxygens (including phenoxy) is 1. The molecular formula is C14H12NO2+. The molecule has 1 aromatic heterocycles. The fraction of sp³-hybridized carbons (Fsp3) is 0.143. The van der Waals surface area contributed by atoms with Crippen molar-refractivity contribution in [1.82, 2.24) is 0 Å². The number of pyridine rings is 1. The molecule has 0 atom stereocenters. The lowest BCUT2D eigenvalue weighted by Gasteiger charge is -2.13. The molecule has 0 bridgehead atoms. The topological polar surface area (TPSA) is 30.2 Å². The molecule has 0 unspecified atom stereocenters. The van der Waals surface area contributed by atoms with Gasteiger partial charge in [0.25, 0.3) is 0 Å². The second kappa shape index (κ2) is 3.70. The molecule has 0 radical (unpaired) electrons. The van der Waals surface area contributed by atoms with Crippen molar-refractivity contribution in [3.05, 3.63) is 59.4 Å². The predicted octanol–water partition coefficient (Wildman–Crippen LogP) is 1.58. The van der Waals surface area contributed by atoms with Crippen LogP contribution in [0.5, 0.6) is 5.75 Å². The van der Waals surface area contributed by atoms with E-state index in [9.17, 15) is 4.79 Å². The number of nitrogens with zero attached hydrogens (tertiary/aromatic N) is 1. The van der Waals surface area contributed by atoms with E-state index in [4.69, 9.17) is 4.74 Å². The Labute approximate surface area is 99.3 Å². The zero-order valence-corrected chi connectivity index (χ0v) is 9.51. The summed E-state index contributed by atoms with van der Waals surface area (Å²) in [5, 5.41) is 0. The average molecular weight is 226 g/mol. The molecule has 84 valence electrons. The van der Waals surface area contributed by atoms with E-state index in [1.165, 1.54) is 0 Å². The van der Waals surface area contributed by atoms with Crippen molar-refractivity contribution >= 4 is 5.91 Å². The minimum atomic E-state index is 0.0319. The van der Waals surface area contributed by atoms with Gasteiger partial charge in [-0.2, -0.15) is 0 Å². The number of methoxy groups -OCH3 is 1. The molecule has 1 aliphatic heterocycles. The Bertz CT molecular complexity index is 605. The lowest BCUT2D eigenvalue weighted by Crippen LogP contribution is -2.49. The first-order valence-electron chi connectivity index (χ1n) is 5.51. The molecule has 2 aromatic rings. The fourth-order valence-electron chi connectivity index (χ4n) is 2.20. The minimum absolute atomic E-state index is 0.0319. The molecule has 0 aliphatic carbocycles. The van der Waals surface area contributed by atoms with Crippen molar-refractivity contribution in [3.63, 3.8) is 0 Å². The molecule has 0 amide bonds. The Kier molecular flexibility index (Phi) is 2.18. The van der Waals surface area contributed by atoms with Crippen LogP contribution in [-0.2, 0) is 6.42 Å². The first-order valence-corrected chi connectivity index (χ1v) is 5.51. The predicted molar refractivity (Wildman–Crippen MR) is 62.2 cm³/mol. The van der Waals surface area contributed by atoms with Gasteiger partial charge < -0.3 is 4.74 Å². The van der Waals surface area contributed by atoms with Gasteiger partial charge >= 0.3 is 5.91 Å². The lowest BCUT2D eigenvalue weighted by atomic mass is 9.97. The molecule has 3 rings (SSSR count). The van der Waals surface area contributed by atoms with Crippen molar-refractivity contribution < 1.29 is 14.1 Å². The Morgan fingerprint density at radius 1 is 1.24 bits per heavy atom. The Morgan fingerprint density at radius 2 is 2.12 bits per heavy atom. The number of carbonyl (C=O) groups excluding carboxylic acids is 1. The van der Waals surface area contributed by atoms with Crippen LogP contribution < -0.4 is 9.30 Å². The van der Waals surface area contributed by atoms with Crippen LogP contribution in [0.2, 0.25) is 0 Å². The van der Waals surface area contributed by atoms with Gasteiger partial charge in [0, 0.05) is 12.1 Å². The monoisotopic (exact) mass is 226 g/mol. The van der Waals surface area contributed by atoms with Gasteiger partial charge in [0.2, 0.25) is 0 Å². The van der Waals surface area contributed by atoms with Gasteiger partial charge in [-0.15, -0.1) is 4.57 Å². The summed E-state index contributed by atoms with van der Waals surface area (Å²) in [6, 6.07) is 11.4. The number of carbonyl (C=O) groups is 1. The van der Waals surface area contributed by atoms with Gasteiger partial charge in [0.15, 0.2) is 11.9 Å². The van der Waals surface area contributed by atoms with Gasteiger partial charge in [0.05, 0.1) is 19.1 Å². The van der Waals surface area contributed by atoms with Crippen LogP contribution in [0.25, 0.3) is 0 Å². The first-order chi connectivity index (χ1) is 8.29. The normalized spacial score (nSPS) is 12.9. The van der Waals surface area contributed by atoms with Crippen LogP contribution in [-0.4, -0.2) is 13.0 Å². The number of benzene rings is 1. The third kappa shape index (κ3) is 1.51. The molecule has 0 N–H and O–H groups in total. The summed E-state index contributed by atoms with van der Waals surface area (Å²) in [6.45, 7) is 0. The zero-order valence-electron chi connectivity index (χ0n) is 9.51. The van der Waals surface area contributed by atoms with E-state index in [1.54, 1.807) is 11.7 Å². The summed E-state index contributed by atoms with van der Waals surface area (Å²) in [7, 11) is 1.63. The highest BCUT2D eigenvalue weighted by Crippen LogP contribution is 2.22. The maximum Gasteiger partial charge on any atom is 0.425 e. The summed E-state index contributed by atoms with van der Waals surface area (Å²) in [4.78, 5) is 12.2. The number of hydrogen-bond acceptors (Lipinski definition) is 2. The third-order valence-electron chi connectivity index (χ3n) is 3.08. The quantitative estimate of drug-likeness (QED) is 0.590. The van der Waals surface area contributed by atoms with Gasteiger partial charge in [-0.05, 0) is 23.8 Å². The van der Waals surface area contributed by atoms with Crippen LogP contribution in [0.4, 0.5) is 0 Å². The van der Waals surface area contributed by atoms with E-state index >= 15 is 0 Å². The maximum atomic E-state index is 12.2. The SMILES string of the molecule is COc1ccc2c(c1)Cc1cccc[n+]1C2=O. The van der Waals surface area contributed by atoms with Gasteiger partial charge in [-0.25, -0.2) is 4.79 Å². The lowest BCUT2D eigenvalue weighted by molar-refractivity contribution is -0.580. The van der Waals surface area contributed by atoms with Crippen molar-refractivity contribution in [2.45, 2.75) is 6.42 Å². The van der Waals surface area contributed by atoms with E-state index in [0.717, 1.165) is 29.0 Å². The largest absolute Gasteiger partial charge is 0.497 e. The standard InChI is InChI=1S/C14H12NO2/c1-17-12-5-6-13-10(9-12)8-11-4-2-3-7-15(11)14(13)16/h2-7,9H,8H2,1H3/q+1. The Balaban J connectivity index is 2.16. The highest BCUT2D eigenvalue weighted by atomic mass is 16.5. The maximum absolute atomic E-state index is 12.2.